The maximum Gasteiger partial charge on any atom is 0.336 e. The maximum atomic E-state index is 12.9. The normalized spacial score (nSPS) is 16.6. The number of hydrogen-bond acceptors (Lipinski definition) is 5. The van der Waals surface area contributed by atoms with E-state index in [4.69, 9.17) is 4.74 Å². The predicted octanol–water partition coefficient (Wildman–Crippen LogP) is 1.45. The first-order valence-corrected chi connectivity index (χ1v) is 9.02. The molecule has 1 unspecified atom stereocenters. The third kappa shape index (κ3) is 5.29. The summed E-state index contributed by atoms with van der Waals surface area (Å²) in [7, 11) is 0. The molecule has 1 atom stereocenters. The molecule has 1 heterocycles. The number of nitrogens with one attached hydrogen (secondary N) is 1. The molecule has 8 heteroatoms. The van der Waals surface area contributed by atoms with Crippen molar-refractivity contribution >= 4 is 23.8 Å². The van der Waals surface area contributed by atoms with Crippen molar-refractivity contribution in [3.63, 3.8) is 0 Å². The number of carboxylic acid groups (broad SMARTS) is 1. The van der Waals surface area contributed by atoms with E-state index in [9.17, 15) is 24.3 Å². The van der Waals surface area contributed by atoms with Crippen molar-refractivity contribution in [2.75, 3.05) is 19.7 Å². The Hall–Kier alpha value is -2.90. The molecule has 1 aliphatic rings. The molecule has 1 aliphatic heterocycles. The van der Waals surface area contributed by atoms with E-state index in [-0.39, 0.29) is 37.2 Å². The van der Waals surface area contributed by atoms with Gasteiger partial charge in [0, 0.05) is 13.1 Å². The van der Waals surface area contributed by atoms with Crippen molar-refractivity contribution in [2.24, 2.45) is 0 Å². The van der Waals surface area contributed by atoms with Crippen LogP contribution in [-0.2, 0) is 14.3 Å². The second-order valence-electron chi connectivity index (χ2n) is 6.29. The second-order valence-corrected chi connectivity index (χ2v) is 6.29. The Morgan fingerprint density at radius 1 is 1.22 bits per heavy atom. The highest BCUT2D eigenvalue weighted by atomic mass is 16.5. The van der Waals surface area contributed by atoms with Gasteiger partial charge in [-0.3, -0.25) is 14.4 Å². The smallest absolute Gasteiger partial charge is 0.336 e. The lowest BCUT2D eigenvalue weighted by Gasteiger charge is -2.34. The van der Waals surface area contributed by atoms with E-state index in [1.54, 1.807) is 6.07 Å². The van der Waals surface area contributed by atoms with E-state index in [0.29, 0.717) is 0 Å². The molecule has 2 amide bonds. The fourth-order valence-electron chi connectivity index (χ4n) is 2.93. The summed E-state index contributed by atoms with van der Waals surface area (Å²) in [6.07, 6.45) is 2.41. The van der Waals surface area contributed by atoms with Crippen LogP contribution < -0.4 is 5.32 Å². The highest BCUT2D eigenvalue weighted by molar-refractivity contribution is 6.06. The number of carboxylic acids is 1. The van der Waals surface area contributed by atoms with Crippen LogP contribution in [0.5, 0.6) is 0 Å². The molecule has 1 aromatic rings. The minimum Gasteiger partial charge on any atom is -0.478 e. The van der Waals surface area contributed by atoms with Gasteiger partial charge in [0.2, 0.25) is 5.91 Å². The Kier molecular flexibility index (Phi) is 7.34. The fourth-order valence-corrected chi connectivity index (χ4v) is 2.93. The first kappa shape index (κ1) is 20.4. The van der Waals surface area contributed by atoms with Crippen LogP contribution in [-0.4, -0.2) is 59.5 Å². The van der Waals surface area contributed by atoms with Crippen LogP contribution in [0.1, 0.15) is 53.3 Å². The minimum atomic E-state index is -1.23. The Morgan fingerprint density at radius 2 is 1.93 bits per heavy atom. The average Bonchev–Trinajstić information content (AvgIpc) is 2.66. The molecule has 2 rings (SSSR count). The first-order chi connectivity index (χ1) is 13.0. The number of aromatic carboxylic acids is 1. The van der Waals surface area contributed by atoms with Gasteiger partial charge in [-0.15, -0.1) is 0 Å². The Bertz CT molecular complexity index is 718. The quantitative estimate of drug-likeness (QED) is 0.524. The molecule has 1 aromatic carbocycles. The third-order valence-corrected chi connectivity index (χ3v) is 4.35. The maximum absolute atomic E-state index is 12.9. The van der Waals surface area contributed by atoms with Gasteiger partial charge < -0.3 is 20.1 Å². The molecule has 0 aliphatic carbocycles. The zero-order chi connectivity index (χ0) is 19.8. The van der Waals surface area contributed by atoms with Gasteiger partial charge in [-0.1, -0.05) is 31.9 Å². The van der Waals surface area contributed by atoms with E-state index < -0.39 is 29.8 Å². The van der Waals surface area contributed by atoms with Crippen molar-refractivity contribution in [1.29, 1.82) is 0 Å². The van der Waals surface area contributed by atoms with Gasteiger partial charge in [0.05, 0.1) is 24.2 Å². The Morgan fingerprint density at radius 3 is 2.59 bits per heavy atom. The number of hydrogen-bond donors (Lipinski definition) is 2. The highest BCUT2D eigenvalue weighted by Crippen LogP contribution is 2.18. The van der Waals surface area contributed by atoms with Gasteiger partial charge in [-0.05, 0) is 18.6 Å². The largest absolute Gasteiger partial charge is 0.478 e. The number of carbonyl (C=O) groups excluding carboxylic acids is 3. The fraction of sp³-hybridized carbons (Fsp3) is 0.474. The molecule has 27 heavy (non-hydrogen) atoms. The molecule has 0 spiro atoms. The molecule has 0 aromatic heterocycles. The molecule has 0 radical (unpaired) electrons. The van der Waals surface area contributed by atoms with E-state index >= 15 is 0 Å². The lowest BCUT2D eigenvalue weighted by Crippen LogP contribution is -2.58. The molecular weight excluding hydrogens is 352 g/mol. The van der Waals surface area contributed by atoms with Gasteiger partial charge in [0.15, 0.2) is 0 Å². The number of unbranched alkanes of at least 4 members (excludes halogenated alkanes) is 2. The molecule has 8 nitrogen and oxygen atoms in total. The van der Waals surface area contributed by atoms with Crippen LogP contribution in [0.2, 0.25) is 0 Å². The van der Waals surface area contributed by atoms with E-state index in [0.717, 1.165) is 19.3 Å². The molecule has 1 saturated heterocycles. The lowest BCUT2D eigenvalue weighted by atomic mass is 10.0. The summed E-state index contributed by atoms with van der Waals surface area (Å²) in [6, 6.07) is 4.79. The van der Waals surface area contributed by atoms with Crippen LogP contribution in [0.3, 0.4) is 0 Å². The van der Waals surface area contributed by atoms with Gasteiger partial charge >= 0.3 is 11.9 Å². The number of nitrogens with zero attached hydrogens (tertiary/aromatic N) is 1. The van der Waals surface area contributed by atoms with Crippen LogP contribution in [0.15, 0.2) is 24.3 Å². The lowest BCUT2D eigenvalue weighted by molar-refractivity contribution is -0.147. The standard InChI is InChI=1S/C19H24N2O6/c1-2-3-6-11-27-16(22)12-15-17(23)20-9-10-21(15)18(24)13-7-4-5-8-14(13)19(25)26/h4-5,7-8,15H,2-3,6,9-12H2,1H3,(H,20,23)(H,25,26). The van der Waals surface area contributed by atoms with Gasteiger partial charge in [0.1, 0.15) is 6.04 Å². The van der Waals surface area contributed by atoms with Crippen molar-refractivity contribution < 1.29 is 29.0 Å². The zero-order valence-electron chi connectivity index (χ0n) is 15.3. The van der Waals surface area contributed by atoms with Crippen molar-refractivity contribution in [1.82, 2.24) is 10.2 Å². The number of piperazine rings is 1. The minimum absolute atomic E-state index is 0.0130. The monoisotopic (exact) mass is 376 g/mol. The molecule has 0 bridgehead atoms. The SMILES string of the molecule is CCCCCOC(=O)CC1C(=O)NCCN1C(=O)c1ccccc1C(=O)O. The van der Waals surface area contributed by atoms with Gasteiger partial charge in [0.25, 0.3) is 5.91 Å². The summed E-state index contributed by atoms with van der Waals surface area (Å²) in [4.78, 5) is 49.8. The van der Waals surface area contributed by atoms with Gasteiger partial charge in [-0.2, -0.15) is 0 Å². The van der Waals surface area contributed by atoms with Crippen LogP contribution >= 0.6 is 0 Å². The summed E-state index contributed by atoms with van der Waals surface area (Å²) >= 11 is 0. The first-order valence-electron chi connectivity index (χ1n) is 9.02. The summed E-state index contributed by atoms with van der Waals surface area (Å²) in [5.41, 5.74) is -0.157. The number of carbonyl (C=O) groups is 4. The Balaban J connectivity index is 2.13. The van der Waals surface area contributed by atoms with Crippen LogP contribution in [0.4, 0.5) is 0 Å². The number of esters is 1. The molecular formula is C19H24N2O6. The summed E-state index contributed by atoms with van der Waals surface area (Å²) < 4.78 is 5.14. The second kappa shape index (κ2) is 9.70. The predicted molar refractivity (Wildman–Crippen MR) is 96.3 cm³/mol. The van der Waals surface area contributed by atoms with E-state index in [1.165, 1.54) is 23.1 Å². The highest BCUT2D eigenvalue weighted by Gasteiger charge is 2.36. The third-order valence-electron chi connectivity index (χ3n) is 4.35. The molecule has 2 N–H and O–H groups in total. The van der Waals surface area contributed by atoms with Crippen molar-refractivity contribution in [3.8, 4) is 0 Å². The van der Waals surface area contributed by atoms with Gasteiger partial charge in [-0.25, -0.2) is 4.79 Å². The van der Waals surface area contributed by atoms with E-state index in [1.807, 2.05) is 6.92 Å². The van der Waals surface area contributed by atoms with Crippen molar-refractivity contribution in [3.05, 3.63) is 35.4 Å². The molecule has 0 saturated carbocycles. The van der Waals surface area contributed by atoms with Crippen molar-refractivity contribution in [2.45, 2.75) is 38.6 Å². The van der Waals surface area contributed by atoms with Crippen LogP contribution in [0, 0.1) is 0 Å². The number of amides is 2. The number of ether oxygens (including phenoxy) is 1. The summed E-state index contributed by atoms with van der Waals surface area (Å²) in [5.74, 6) is -2.83. The summed E-state index contributed by atoms with van der Waals surface area (Å²) in [5, 5.41) is 11.9. The average molecular weight is 376 g/mol. The Labute approximate surface area is 157 Å². The molecule has 1 fully saturated rings. The topological polar surface area (TPSA) is 113 Å². The van der Waals surface area contributed by atoms with Crippen LogP contribution in [0.25, 0.3) is 0 Å². The van der Waals surface area contributed by atoms with E-state index in [2.05, 4.69) is 5.32 Å². The number of benzene rings is 1. The molecule has 146 valence electrons. The number of rotatable bonds is 8. The summed E-state index contributed by atoms with van der Waals surface area (Å²) in [6.45, 7) is 2.73. The zero-order valence-corrected chi connectivity index (χ0v) is 15.3.